The Hall–Kier alpha value is -1.51. The number of hydrogen-bond donors (Lipinski definition) is 3. The molecule has 0 aliphatic rings. The maximum absolute atomic E-state index is 9.28. The van der Waals surface area contributed by atoms with E-state index in [1.165, 1.54) is 0 Å². The van der Waals surface area contributed by atoms with Crippen LogP contribution in [0.5, 0.6) is 5.75 Å². The molecule has 0 heterocycles. The van der Waals surface area contributed by atoms with Gasteiger partial charge in [-0.1, -0.05) is 26.8 Å². The highest BCUT2D eigenvalue weighted by atomic mass is 16.3. The summed E-state index contributed by atoms with van der Waals surface area (Å²) in [5, 5.41) is 16.4. The molecule has 4 N–H and O–H groups in total. The van der Waals surface area contributed by atoms with E-state index < -0.39 is 0 Å². The SMILES string of the molecule is CC.CCc1ccc(O)c(C(=N)N)c1. The molecule has 78 valence electrons. The predicted molar refractivity (Wildman–Crippen MR) is 59.8 cm³/mol. The number of phenols is 1. The summed E-state index contributed by atoms with van der Waals surface area (Å²) >= 11 is 0. The maximum atomic E-state index is 9.28. The summed E-state index contributed by atoms with van der Waals surface area (Å²) < 4.78 is 0. The molecule has 0 bridgehead atoms. The Kier molecular flexibility index (Phi) is 5.37. The minimum absolute atomic E-state index is 0.0692. The average Bonchev–Trinajstić information content (AvgIpc) is 2.21. The quantitative estimate of drug-likeness (QED) is 0.499. The third kappa shape index (κ3) is 3.09. The van der Waals surface area contributed by atoms with Crippen LogP contribution in [0.2, 0.25) is 0 Å². The molecule has 0 spiro atoms. The lowest BCUT2D eigenvalue weighted by Gasteiger charge is -2.03. The first-order valence-corrected chi connectivity index (χ1v) is 4.81. The van der Waals surface area contributed by atoms with E-state index in [4.69, 9.17) is 11.1 Å². The molecule has 0 radical (unpaired) electrons. The highest BCUT2D eigenvalue weighted by Gasteiger charge is 2.03. The summed E-state index contributed by atoms with van der Waals surface area (Å²) in [6, 6.07) is 5.12. The van der Waals surface area contributed by atoms with Crippen molar-refractivity contribution in [2.75, 3.05) is 0 Å². The van der Waals surface area contributed by atoms with Crippen molar-refractivity contribution < 1.29 is 5.11 Å². The highest BCUT2D eigenvalue weighted by Crippen LogP contribution is 2.17. The third-order valence-corrected chi connectivity index (χ3v) is 1.76. The summed E-state index contributed by atoms with van der Waals surface area (Å²) in [4.78, 5) is 0. The minimum atomic E-state index is -0.0946. The third-order valence-electron chi connectivity index (χ3n) is 1.76. The van der Waals surface area contributed by atoms with Gasteiger partial charge in [0.05, 0.1) is 5.56 Å². The van der Waals surface area contributed by atoms with Gasteiger partial charge in [-0.3, -0.25) is 5.41 Å². The summed E-state index contributed by atoms with van der Waals surface area (Å²) in [5.41, 5.74) is 6.74. The lowest BCUT2D eigenvalue weighted by Crippen LogP contribution is -2.11. The lowest BCUT2D eigenvalue weighted by atomic mass is 10.1. The van der Waals surface area contributed by atoms with E-state index in [0.29, 0.717) is 5.56 Å². The van der Waals surface area contributed by atoms with Gasteiger partial charge < -0.3 is 10.8 Å². The molecule has 0 atom stereocenters. The average molecular weight is 194 g/mol. The molecule has 0 fully saturated rings. The fourth-order valence-electron chi connectivity index (χ4n) is 1.02. The number of aryl methyl sites for hydroxylation is 1. The summed E-state index contributed by atoms with van der Waals surface area (Å²) in [5.74, 6) is -0.0255. The fraction of sp³-hybridized carbons (Fsp3) is 0.364. The molecule has 0 saturated heterocycles. The van der Waals surface area contributed by atoms with Gasteiger partial charge in [-0.15, -0.1) is 0 Å². The first-order valence-electron chi connectivity index (χ1n) is 4.81. The van der Waals surface area contributed by atoms with E-state index in [1.807, 2.05) is 26.8 Å². The first-order chi connectivity index (χ1) is 6.65. The number of nitrogens with two attached hydrogens (primary N) is 1. The Morgan fingerprint density at radius 1 is 1.43 bits per heavy atom. The molecule has 0 amide bonds. The van der Waals surface area contributed by atoms with Crippen LogP contribution < -0.4 is 5.73 Å². The van der Waals surface area contributed by atoms with E-state index in [1.54, 1.807) is 12.1 Å². The zero-order valence-electron chi connectivity index (χ0n) is 8.96. The van der Waals surface area contributed by atoms with Gasteiger partial charge in [-0.2, -0.15) is 0 Å². The molecular formula is C11H18N2O. The van der Waals surface area contributed by atoms with Crippen LogP contribution in [0.25, 0.3) is 0 Å². The number of phenolic OH excluding ortho intramolecular Hbond substituents is 1. The molecule has 14 heavy (non-hydrogen) atoms. The van der Waals surface area contributed by atoms with Crippen LogP contribution in [-0.2, 0) is 6.42 Å². The predicted octanol–water partition coefficient (Wildman–Crippen LogP) is 2.26. The largest absolute Gasteiger partial charge is 0.507 e. The van der Waals surface area contributed by atoms with Gasteiger partial charge in [-0.05, 0) is 24.1 Å². The zero-order valence-corrected chi connectivity index (χ0v) is 8.96. The van der Waals surface area contributed by atoms with Gasteiger partial charge in [0.15, 0.2) is 0 Å². The second-order valence-corrected chi connectivity index (χ2v) is 2.62. The number of hydrogen-bond acceptors (Lipinski definition) is 2. The molecule has 0 saturated carbocycles. The molecule has 1 aromatic rings. The van der Waals surface area contributed by atoms with Crippen molar-refractivity contribution in [1.82, 2.24) is 0 Å². The van der Waals surface area contributed by atoms with Crippen molar-refractivity contribution in [3.05, 3.63) is 29.3 Å². The molecule has 0 aliphatic heterocycles. The smallest absolute Gasteiger partial charge is 0.126 e. The Bertz CT molecular complexity index is 308. The molecular weight excluding hydrogens is 176 g/mol. The normalized spacial score (nSPS) is 8.79. The van der Waals surface area contributed by atoms with Crippen LogP contribution in [0, 0.1) is 5.41 Å². The van der Waals surface area contributed by atoms with Crippen molar-refractivity contribution in [1.29, 1.82) is 5.41 Å². The van der Waals surface area contributed by atoms with E-state index in [-0.39, 0.29) is 11.6 Å². The van der Waals surface area contributed by atoms with Gasteiger partial charge in [0.2, 0.25) is 0 Å². The molecule has 0 aliphatic carbocycles. The Balaban J connectivity index is 0.000000791. The summed E-state index contributed by atoms with van der Waals surface area (Å²) in [6.45, 7) is 6.01. The van der Waals surface area contributed by atoms with Crippen LogP contribution in [0.4, 0.5) is 0 Å². The van der Waals surface area contributed by atoms with Crippen molar-refractivity contribution in [3.8, 4) is 5.75 Å². The molecule has 1 aromatic carbocycles. The molecule has 3 nitrogen and oxygen atoms in total. The van der Waals surface area contributed by atoms with Crippen LogP contribution in [0.1, 0.15) is 31.9 Å². The summed E-state index contributed by atoms with van der Waals surface area (Å²) in [6.07, 6.45) is 0.876. The van der Waals surface area contributed by atoms with E-state index >= 15 is 0 Å². The second-order valence-electron chi connectivity index (χ2n) is 2.62. The fourth-order valence-corrected chi connectivity index (χ4v) is 1.02. The van der Waals surface area contributed by atoms with Crippen LogP contribution in [0.3, 0.4) is 0 Å². The lowest BCUT2D eigenvalue weighted by molar-refractivity contribution is 0.474. The van der Waals surface area contributed by atoms with Gasteiger partial charge in [0.25, 0.3) is 0 Å². The minimum Gasteiger partial charge on any atom is -0.507 e. The number of aromatic hydroxyl groups is 1. The zero-order chi connectivity index (χ0) is 11.1. The van der Waals surface area contributed by atoms with Gasteiger partial charge >= 0.3 is 0 Å². The number of benzene rings is 1. The van der Waals surface area contributed by atoms with Crippen LogP contribution in [-0.4, -0.2) is 10.9 Å². The highest BCUT2D eigenvalue weighted by molar-refractivity contribution is 5.97. The van der Waals surface area contributed by atoms with Gasteiger partial charge in [0.1, 0.15) is 11.6 Å². The molecule has 0 unspecified atom stereocenters. The molecule has 1 rings (SSSR count). The Morgan fingerprint density at radius 3 is 2.43 bits per heavy atom. The summed E-state index contributed by atoms with van der Waals surface area (Å²) in [7, 11) is 0. The van der Waals surface area contributed by atoms with Gasteiger partial charge in [0, 0.05) is 0 Å². The van der Waals surface area contributed by atoms with E-state index in [9.17, 15) is 5.11 Å². The van der Waals surface area contributed by atoms with E-state index in [0.717, 1.165) is 12.0 Å². The second kappa shape index (κ2) is 6.02. The van der Waals surface area contributed by atoms with Crippen molar-refractivity contribution in [2.24, 2.45) is 5.73 Å². The molecule has 3 heteroatoms. The monoisotopic (exact) mass is 194 g/mol. The maximum Gasteiger partial charge on any atom is 0.126 e. The van der Waals surface area contributed by atoms with Crippen molar-refractivity contribution in [2.45, 2.75) is 27.2 Å². The standard InChI is InChI=1S/C9H12N2O.C2H6/c1-2-6-3-4-8(12)7(5-6)9(10)11;1-2/h3-5,12H,2H2,1H3,(H3,10,11);1-2H3. The number of nitrogens with one attached hydrogen (secondary N) is 1. The number of rotatable bonds is 2. The van der Waals surface area contributed by atoms with Crippen LogP contribution in [0.15, 0.2) is 18.2 Å². The Labute approximate surface area is 85.1 Å². The Morgan fingerprint density at radius 2 is 2.00 bits per heavy atom. The topological polar surface area (TPSA) is 70.1 Å². The van der Waals surface area contributed by atoms with Crippen LogP contribution >= 0.6 is 0 Å². The number of amidine groups is 1. The van der Waals surface area contributed by atoms with E-state index in [2.05, 4.69) is 0 Å². The first kappa shape index (κ1) is 12.5. The van der Waals surface area contributed by atoms with Crippen molar-refractivity contribution in [3.63, 3.8) is 0 Å². The van der Waals surface area contributed by atoms with Gasteiger partial charge in [-0.25, -0.2) is 0 Å². The number of nitrogen functional groups attached to an aromatic ring is 1. The van der Waals surface area contributed by atoms with Crippen molar-refractivity contribution >= 4 is 5.84 Å². The molecule has 0 aromatic heterocycles.